The Hall–Kier alpha value is -4.10. The Morgan fingerprint density at radius 3 is 2.74 bits per heavy atom. The lowest BCUT2D eigenvalue weighted by Crippen LogP contribution is -2.39. The number of ether oxygens (including phenoxy) is 3. The molecule has 0 saturated carbocycles. The first-order valence-corrected chi connectivity index (χ1v) is 12.8. The van der Waals surface area contributed by atoms with Crippen LogP contribution in [0.2, 0.25) is 0 Å². The molecule has 1 atom stereocenters. The average molecular weight is 515 g/mol. The highest BCUT2D eigenvalue weighted by Crippen LogP contribution is 2.41. The molecule has 4 aromatic rings. The van der Waals surface area contributed by atoms with Crippen molar-refractivity contribution in [2.24, 2.45) is 0 Å². The molecule has 0 radical (unpaired) electrons. The van der Waals surface area contributed by atoms with E-state index in [-0.39, 0.29) is 18.5 Å². The van der Waals surface area contributed by atoms with E-state index in [9.17, 15) is 9.18 Å². The van der Waals surface area contributed by atoms with Crippen LogP contribution in [0, 0.1) is 5.82 Å². The van der Waals surface area contributed by atoms with Gasteiger partial charge in [0.05, 0.1) is 13.7 Å². The Bertz CT molecular complexity index is 1400. The van der Waals surface area contributed by atoms with E-state index in [4.69, 9.17) is 9.47 Å². The number of carbonyl (C=O) groups is 1. The van der Waals surface area contributed by atoms with Gasteiger partial charge in [0, 0.05) is 11.8 Å². The van der Waals surface area contributed by atoms with Gasteiger partial charge in [-0.3, -0.25) is 0 Å². The fourth-order valence-electron chi connectivity index (χ4n) is 4.81. The highest BCUT2D eigenvalue weighted by Gasteiger charge is 2.29. The lowest BCUT2D eigenvalue weighted by molar-refractivity contribution is -0.142. The van der Waals surface area contributed by atoms with E-state index in [1.54, 1.807) is 24.3 Å². The third-order valence-electron chi connectivity index (χ3n) is 6.71. The fraction of sp³-hybridized carbons (Fsp3) is 0.258. The molecule has 1 aliphatic heterocycles. The second-order valence-corrected chi connectivity index (χ2v) is 9.23. The topological polar surface area (TPSA) is 60.0 Å². The quantitative estimate of drug-likeness (QED) is 0.218. The van der Waals surface area contributed by atoms with Crippen LogP contribution in [0.1, 0.15) is 12.0 Å². The van der Waals surface area contributed by atoms with Gasteiger partial charge in [0.2, 0.25) is 0 Å². The molecule has 0 fully saturated rings. The molecule has 196 valence electrons. The van der Waals surface area contributed by atoms with Crippen molar-refractivity contribution in [2.45, 2.75) is 18.9 Å². The molecule has 0 amide bonds. The van der Waals surface area contributed by atoms with E-state index < -0.39 is 5.97 Å². The Balaban J connectivity index is 1.23. The normalized spacial score (nSPS) is 14.6. The highest BCUT2D eigenvalue weighted by atomic mass is 19.1. The number of fused-ring (bicyclic) bond motifs is 2. The van der Waals surface area contributed by atoms with Crippen molar-refractivity contribution in [1.29, 1.82) is 0 Å². The SMILES string of the molecule is COC(=O)COc1cccc(N2C[C@@H](CCNCCc3cccc4ccccc34)Oc3cccc(F)c32)c1. The van der Waals surface area contributed by atoms with Gasteiger partial charge in [-0.15, -0.1) is 0 Å². The van der Waals surface area contributed by atoms with Crippen molar-refractivity contribution >= 4 is 28.1 Å². The van der Waals surface area contributed by atoms with Gasteiger partial charge in [-0.05, 0) is 66.5 Å². The van der Waals surface area contributed by atoms with Crippen LogP contribution in [0.25, 0.3) is 10.8 Å². The largest absolute Gasteiger partial charge is 0.486 e. The van der Waals surface area contributed by atoms with Crippen molar-refractivity contribution in [3.8, 4) is 11.5 Å². The molecule has 1 aliphatic rings. The Morgan fingerprint density at radius 1 is 1.03 bits per heavy atom. The number of para-hydroxylation sites is 1. The molecule has 6 nitrogen and oxygen atoms in total. The van der Waals surface area contributed by atoms with Crippen LogP contribution in [-0.2, 0) is 16.0 Å². The summed E-state index contributed by atoms with van der Waals surface area (Å²) in [6, 6.07) is 27.0. The number of carbonyl (C=O) groups excluding carboxylic acids is 1. The molecule has 1 heterocycles. The second kappa shape index (κ2) is 12.0. The molecule has 0 saturated heterocycles. The van der Waals surface area contributed by atoms with E-state index in [0.29, 0.717) is 23.7 Å². The molecule has 0 aromatic heterocycles. The van der Waals surface area contributed by atoms with Gasteiger partial charge in [0.15, 0.2) is 12.4 Å². The summed E-state index contributed by atoms with van der Waals surface area (Å²) in [5.41, 5.74) is 2.49. The van der Waals surface area contributed by atoms with Crippen LogP contribution < -0.4 is 19.7 Å². The molecule has 0 spiro atoms. The van der Waals surface area contributed by atoms with Gasteiger partial charge in [0.25, 0.3) is 0 Å². The smallest absolute Gasteiger partial charge is 0.343 e. The fourth-order valence-corrected chi connectivity index (χ4v) is 4.81. The van der Waals surface area contributed by atoms with E-state index in [1.165, 1.54) is 29.5 Å². The van der Waals surface area contributed by atoms with E-state index in [1.807, 2.05) is 17.0 Å². The molecule has 38 heavy (non-hydrogen) atoms. The van der Waals surface area contributed by atoms with Gasteiger partial charge in [-0.25, -0.2) is 9.18 Å². The number of benzene rings is 4. The zero-order valence-electron chi connectivity index (χ0n) is 21.4. The molecular formula is C31H31FN2O4. The Kier molecular flexibility index (Phi) is 8.04. The summed E-state index contributed by atoms with van der Waals surface area (Å²) >= 11 is 0. The molecule has 0 aliphatic carbocycles. The van der Waals surface area contributed by atoms with Crippen molar-refractivity contribution in [2.75, 3.05) is 38.3 Å². The number of nitrogens with one attached hydrogen (secondary N) is 1. The molecular weight excluding hydrogens is 483 g/mol. The van der Waals surface area contributed by atoms with Gasteiger partial charge < -0.3 is 24.4 Å². The number of esters is 1. The lowest BCUT2D eigenvalue weighted by Gasteiger charge is -2.36. The number of hydrogen-bond donors (Lipinski definition) is 1. The standard InChI is InChI=1S/C31H31FN2O4/c1-36-30(35)21-37-25-11-5-10-24(19-25)34-20-26(38-29-14-6-13-28(32)31(29)34)16-18-33-17-15-23-9-4-8-22-7-2-3-12-27(22)23/h2-14,19,26,33H,15-18,20-21H2,1H3/t26-/m1/s1. The number of nitrogens with zero attached hydrogens (tertiary/aromatic N) is 1. The predicted molar refractivity (Wildman–Crippen MR) is 147 cm³/mol. The third-order valence-corrected chi connectivity index (χ3v) is 6.71. The number of halogens is 1. The molecule has 4 aromatic carbocycles. The first kappa shape index (κ1) is 25.5. The third kappa shape index (κ3) is 5.89. The summed E-state index contributed by atoms with van der Waals surface area (Å²) in [6.07, 6.45) is 1.57. The Labute approximate surface area is 221 Å². The maximum atomic E-state index is 14.9. The summed E-state index contributed by atoms with van der Waals surface area (Å²) in [5, 5.41) is 6.09. The zero-order chi connectivity index (χ0) is 26.3. The predicted octanol–water partition coefficient (Wildman–Crippen LogP) is 5.65. The van der Waals surface area contributed by atoms with E-state index >= 15 is 0 Å². The summed E-state index contributed by atoms with van der Waals surface area (Å²) in [7, 11) is 1.31. The van der Waals surface area contributed by atoms with Crippen molar-refractivity contribution in [3.63, 3.8) is 0 Å². The minimum absolute atomic E-state index is 0.131. The highest BCUT2D eigenvalue weighted by molar-refractivity contribution is 5.85. The number of methoxy groups -OCH3 is 1. The van der Waals surface area contributed by atoms with Crippen LogP contribution in [0.15, 0.2) is 84.9 Å². The van der Waals surface area contributed by atoms with Crippen LogP contribution >= 0.6 is 0 Å². The van der Waals surface area contributed by atoms with Crippen molar-refractivity contribution in [1.82, 2.24) is 5.32 Å². The first-order chi connectivity index (χ1) is 18.6. The minimum Gasteiger partial charge on any atom is -0.486 e. The maximum Gasteiger partial charge on any atom is 0.343 e. The van der Waals surface area contributed by atoms with Crippen LogP contribution in [0.4, 0.5) is 15.8 Å². The summed E-state index contributed by atoms with van der Waals surface area (Å²) < 4.78 is 31.3. The second-order valence-electron chi connectivity index (χ2n) is 9.23. The molecule has 1 N–H and O–H groups in total. The Morgan fingerprint density at radius 2 is 1.84 bits per heavy atom. The summed E-state index contributed by atoms with van der Waals surface area (Å²) in [5.74, 6) is 0.197. The van der Waals surface area contributed by atoms with E-state index in [2.05, 4.69) is 52.5 Å². The van der Waals surface area contributed by atoms with Gasteiger partial charge in [0.1, 0.15) is 23.3 Å². The number of rotatable bonds is 10. The average Bonchev–Trinajstić information content (AvgIpc) is 2.95. The zero-order valence-corrected chi connectivity index (χ0v) is 21.4. The van der Waals surface area contributed by atoms with Crippen LogP contribution in [0.3, 0.4) is 0 Å². The van der Waals surface area contributed by atoms with Crippen molar-refractivity contribution in [3.05, 3.63) is 96.3 Å². The van der Waals surface area contributed by atoms with Gasteiger partial charge in [-0.1, -0.05) is 54.6 Å². The maximum absolute atomic E-state index is 14.9. The number of hydrogen-bond acceptors (Lipinski definition) is 6. The lowest BCUT2D eigenvalue weighted by atomic mass is 10.0. The van der Waals surface area contributed by atoms with E-state index in [0.717, 1.165) is 31.6 Å². The van der Waals surface area contributed by atoms with Crippen LogP contribution in [-0.4, -0.2) is 45.4 Å². The number of anilines is 2. The molecule has 0 unspecified atom stereocenters. The molecule has 7 heteroatoms. The summed E-state index contributed by atoms with van der Waals surface area (Å²) in [4.78, 5) is 13.4. The first-order valence-electron chi connectivity index (χ1n) is 12.8. The van der Waals surface area contributed by atoms with Gasteiger partial charge >= 0.3 is 5.97 Å². The summed E-state index contributed by atoms with van der Waals surface area (Å²) in [6.45, 7) is 1.92. The monoisotopic (exact) mass is 514 g/mol. The van der Waals surface area contributed by atoms with Crippen molar-refractivity contribution < 1.29 is 23.4 Å². The molecule has 5 rings (SSSR count). The minimum atomic E-state index is -0.466. The van der Waals surface area contributed by atoms with Crippen LogP contribution in [0.5, 0.6) is 11.5 Å². The van der Waals surface area contributed by atoms with Gasteiger partial charge in [-0.2, -0.15) is 0 Å². The molecule has 0 bridgehead atoms.